The van der Waals surface area contributed by atoms with E-state index in [0.717, 1.165) is 32.1 Å². The van der Waals surface area contributed by atoms with Crippen LogP contribution >= 0.6 is 0 Å². The molecule has 126 valence electrons. The van der Waals surface area contributed by atoms with Gasteiger partial charge >= 0.3 is 0 Å². The zero-order valence-electron chi connectivity index (χ0n) is 13.9. The predicted octanol–water partition coefficient (Wildman–Crippen LogP) is 2.02. The van der Waals surface area contributed by atoms with Crippen LogP contribution in [0.1, 0.15) is 59.3 Å². The highest BCUT2D eigenvalue weighted by Crippen LogP contribution is 2.37. The quantitative estimate of drug-likeness (QED) is 0.528. The Bertz CT molecular complexity index is 407. The molecule has 3 N–H and O–H groups in total. The smallest absolute Gasteiger partial charge is 0.150 e. The van der Waals surface area contributed by atoms with Crippen molar-refractivity contribution >= 4 is 9.84 Å². The maximum atomic E-state index is 11.9. The zero-order chi connectivity index (χ0) is 16.1. The van der Waals surface area contributed by atoms with Crippen molar-refractivity contribution in [3.8, 4) is 0 Å². The second-order valence-electron chi connectivity index (χ2n) is 6.23. The minimum absolute atomic E-state index is 0.00278. The lowest BCUT2D eigenvalue weighted by molar-refractivity contribution is -0.0888. The highest BCUT2D eigenvalue weighted by molar-refractivity contribution is 7.91. The summed E-state index contributed by atoms with van der Waals surface area (Å²) in [5.74, 6) is 6.09. The molecule has 0 aliphatic heterocycles. The molecule has 21 heavy (non-hydrogen) atoms. The van der Waals surface area contributed by atoms with Crippen molar-refractivity contribution in [1.29, 1.82) is 0 Å². The predicted molar refractivity (Wildman–Crippen MR) is 86.6 cm³/mol. The number of nitrogens with two attached hydrogens (primary N) is 1. The zero-order valence-corrected chi connectivity index (χ0v) is 14.7. The van der Waals surface area contributed by atoms with E-state index in [1.54, 1.807) is 0 Å². The number of rotatable bonds is 8. The first-order chi connectivity index (χ1) is 9.84. The average molecular weight is 320 g/mol. The molecule has 1 aliphatic carbocycles. The van der Waals surface area contributed by atoms with Gasteiger partial charge in [-0.3, -0.25) is 11.3 Å². The minimum Gasteiger partial charge on any atom is -0.374 e. The van der Waals surface area contributed by atoms with E-state index in [2.05, 4.69) is 19.3 Å². The van der Waals surface area contributed by atoms with Crippen LogP contribution in [0.2, 0.25) is 0 Å². The lowest BCUT2D eigenvalue weighted by Gasteiger charge is -2.45. The molecule has 0 radical (unpaired) electrons. The summed E-state index contributed by atoms with van der Waals surface area (Å²) in [5.41, 5.74) is 2.64. The van der Waals surface area contributed by atoms with Crippen LogP contribution in [0.5, 0.6) is 0 Å². The third-order valence-electron chi connectivity index (χ3n) is 5.12. The third-order valence-corrected chi connectivity index (χ3v) is 6.76. The summed E-state index contributed by atoms with van der Waals surface area (Å²) in [6.45, 7) is 6.86. The largest absolute Gasteiger partial charge is 0.374 e. The van der Waals surface area contributed by atoms with E-state index in [0.29, 0.717) is 13.0 Å². The van der Waals surface area contributed by atoms with Crippen LogP contribution in [-0.4, -0.2) is 38.2 Å². The van der Waals surface area contributed by atoms with Crippen molar-refractivity contribution in [2.45, 2.75) is 76.2 Å². The van der Waals surface area contributed by atoms with Crippen LogP contribution in [0.15, 0.2) is 0 Å². The molecule has 0 aromatic rings. The normalized spacial score (nSPS) is 25.8. The molecule has 5 nitrogen and oxygen atoms in total. The lowest BCUT2D eigenvalue weighted by Crippen LogP contribution is -2.59. The Hall–Kier alpha value is -0.170. The van der Waals surface area contributed by atoms with Crippen LogP contribution in [0.25, 0.3) is 0 Å². The van der Waals surface area contributed by atoms with Crippen molar-refractivity contribution in [3.05, 3.63) is 0 Å². The maximum absolute atomic E-state index is 11.9. The van der Waals surface area contributed by atoms with Gasteiger partial charge in [0.15, 0.2) is 0 Å². The fraction of sp³-hybridized carbons (Fsp3) is 1.00. The van der Waals surface area contributed by atoms with Gasteiger partial charge in [-0.15, -0.1) is 0 Å². The molecule has 1 saturated carbocycles. The molecule has 0 aromatic carbocycles. The van der Waals surface area contributed by atoms with Gasteiger partial charge in [-0.1, -0.05) is 20.3 Å². The molecule has 0 bridgehead atoms. The van der Waals surface area contributed by atoms with Crippen molar-refractivity contribution in [2.75, 3.05) is 12.9 Å². The van der Waals surface area contributed by atoms with Gasteiger partial charge in [0, 0.05) is 12.9 Å². The Balaban J connectivity index is 2.97. The molecule has 0 heterocycles. The summed E-state index contributed by atoms with van der Waals surface area (Å²) in [4.78, 5) is 0. The number of nitrogens with one attached hydrogen (secondary N) is 1. The lowest BCUT2D eigenvalue weighted by atomic mass is 9.74. The van der Waals surface area contributed by atoms with E-state index in [1.165, 1.54) is 6.26 Å². The summed E-state index contributed by atoms with van der Waals surface area (Å²) >= 11 is 0. The summed E-state index contributed by atoms with van der Waals surface area (Å²) in [5, 5.41) is -0.236. The fourth-order valence-corrected chi connectivity index (χ4v) is 5.05. The van der Waals surface area contributed by atoms with Crippen LogP contribution in [0.3, 0.4) is 0 Å². The van der Waals surface area contributed by atoms with Gasteiger partial charge in [-0.2, -0.15) is 0 Å². The third kappa shape index (κ3) is 4.41. The SMILES string of the molecule is CCOC(CC)(CC)C(NN)C1CCCC(S(C)(=O)=O)C1. The maximum Gasteiger partial charge on any atom is 0.150 e. The first kappa shape index (κ1) is 18.9. The van der Waals surface area contributed by atoms with Crippen LogP contribution in [-0.2, 0) is 14.6 Å². The Morgan fingerprint density at radius 3 is 2.33 bits per heavy atom. The second kappa shape index (κ2) is 7.90. The monoisotopic (exact) mass is 320 g/mol. The van der Waals surface area contributed by atoms with Crippen LogP contribution in [0.4, 0.5) is 0 Å². The molecule has 0 spiro atoms. The molecule has 3 unspecified atom stereocenters. The summed E-state index contributed by atoms with van der Waals surface area (Å²) in [6, 6.07) is -0.00278. The van der Waals surface area contributed by atoms with Gasteiger partial charge in [-0.25, -0.2) is 8.42 Å². The molecule has 3 atom stereocenters. The molecule has 0 amide bonds. The van der Waals surface area contributed by atoms with Gasteiger partial charge in [0.1, 0.15) is 9.84 Å². The van der Waals surface area contributed by atoms with Crippen molar-refractivity contribution in [2.24, 2.45) is 11.8 Å². The van der Waals surface area contributed by atoms with Crippen molar-refractivity contribution in [1.82, 2.24) is 5.43 Å². The average Bonchev–Trinajstić information content (AvgIpc) is 2.46. The Kier molecular flexibility index (Phi) is 7.10. The highest BCUT2D eigenvalue weighted by atomic mass is 32.2. The topological polar surface area (TPSA) is 81.4 Å². The number of hydrogen-bond donors (Lipinski definition) is 2. The number of sulfone groups is 1. The molecule has 1 aliphatic rings. The highest BCUT2D eigenvalue weighted by Gasteiger charge is 2.43. The van der Waals surface area contributed by atoms with E-state index >= 15 is 0 Å². The number of hydrazine groups is 1. The molecule has 0 aromatic heterocycles. The first-order valence-electron chi connectivity index (χ1n) is 8.13. The first-order valence-corrected chi connectivity index (χ1v) is 10.1. The van der Waals surface area contributed by atoms with E-state index in [4.69, 9.17) is 10.6 Å². The molecule has 1 rings (SSSR count). The molecular formula is C15H32N2O3S. The van der Waals surface area contributed by atoms with Gasteiger partial charge in [-0.05, 0) is 44.9 Å². The summed E-state index contributed by atoms with van der Waals surface area (Å²) in [6.07, 6.45) is 6.49. The Labute approximate surface area is 129 Å². The second-order valence-corrected chi connectivity index (χ2v) is 8.55. The van der Waals surface area contributed by atoms with E-state index in [-0.39, 0.29) is 22.8 Å². The summed E-state index contributed by atoms with van der Waals surface area (Å²) < 4.78 is 29.8. The van der Waals surface area contributed by atoms with Gasteiger partial charge < -0.3 is 4.74 Å². The van der Waals surface area contributed by atoms with Gasteiger partial charge in [0.2, 0.25) is 0 Å². The molecule has 0 saturated heterocycles. The minimum atomic E-state index is -2.98. The fourth-order valence-electron chi connectivity index (χ4n) is 3.86. The van der Waals surface area contributed by atoms with E-state index in [9.17, 15) is 8.42 Å². The van der Waals surface area contributed by atoms with E-state index in [1.807, 2.05) is 6.92 Å². The molecule has 1 fully saturated rings. The van der Waals surface area contributed by atoms with Crippen molar-refractivity contribution < 1.29 is 13.2 Å². The van der Waals surface area contributed by atoms with Gasteiger partial charge in [0.05, 0.1) is 16.9 Å². The summed E-state index contributed by atoms with van der Waals surface area (Å²) in [7, 11) is -2.98. The molecule has 6 heteroatoms. The van der Waals surface area contributed by atoms with Crippen LogP contribution in [0, 0.1) is 5.92 Å². The van der Waals surface area contributed by atoms with E-state index < -0.39 is 9.84 Å². The Morgan fingerprint density at radius 1 is 1.29 bits per heavy atom. The number of hydrogen-bond acceptors (Lipinski definition) is 5. The molecular weight excluding hydrogens is 288 g/mol. The van der Waals surface area contributed by atoms with Crippen LogP contribution < -0.4 is 11.3 Å². The standard InChI is InChI=1S/C15H32N2O3S/c1-5-15(6-2,20-7-3)14(17-16)12-9-8-10-13(11-12)21(4,18)19/h12-14,17H,5-11,16H2,1-4H3. The van der Waals surface area contributed by atoms with Gasteiger partial charge in [0.25, 0.3) is 0 Å². The Morgan fingerprint density at radius 2 is 1.90 bits per heavy atom. The van der Waals surface area contributed by atoms with Crippen molar-refractivity contribution in [3.63, 3.8) is 0 Å². The number of ether oxygens (including phenoxy) is 1.